The fourth-order valence-corrected chi connectivity index (χ4v) is 1.58. The van der Waals surface area contributed by atoms with Crippen LogP contribution < -0.4 is 22.3 Å². The maximum atomic E-state index is 11.1. The molecule has 9 N–H and O–H groups in total. The summed E-state index contributed by atoms with van der Waals surface area (Å²) in [5.41, 5.74) is 15.4. The molecular formula is C8H12N6O3S. The number of phenols is 1. The predicted octanol–water partition coefficient (Wildman–Crippen LogP) is -1.74. The average Bonchev–Trinajstić information content (AvgIpc) is 2.18. The Morgan fingerprint density at radius 3 is 2.33 bits per heavy atom. The molecule has 0 aliphatic heterocycles. The normalized spacial score (nSPS) is 12.2. The lowest BCUT2D eigenvalue weighted by molar-refractivity contribution is 0.476. The monoisotopic (exact) mass is 272 g/mol. The van der Waals surface area contributed by atoms with Crippen LogP contribution in [0.5, 0.6) is 5.75 Å². The minimum atomic E-state index is -3.91. The molecule has 0 bridgehead atoms. The number of benzene rings is 1. The fraction of sp³-hybridized carbons (Fsp3) is 0. The van der Waals surface area contributed by atoms with Crippen LogP contribution in [0.2, 0.25) is 0 Å². The Morgan fingerprint density at radius 1 is 1.22 bits per heavy atom. The molecule has 10 heteroatoms. The van der Waals surface area contributed by atoms with E-state index in [-0.39, 0.29) is 28.3 Å². The molecule has 0 aromatic heterocycles. The number of aromatic hydroxyl groups is 1. The van der Waals surface area contributed by atoms with E-state index in [0.717, 1.165) is 18.2 Å². The van der Waals surface area contributed by atoms with Crippen molar-refractivity contribution in [2.24, 2.45) is 32.3 Å². The van der Waals surface area contributed by atoms with Gasteiger partial charge in [0.2, 0.25) is 16.0 Å². The highest BCUT2D eigenvalue weighted by molar-refractivity contribution is 7.89. The minimum absolute atomic E-state index is 0.121. The topological polar surface area (TPSA) is 183 Å². The number of rotatable bonds is 2. The molecule has 0 amide bonds. The third-order valence-corrected chi connectivity index (χ3v) is 2.67. The first-order valence-electron chi connectivity index (χ1n) is 4.50. The van der Waals surface area contributed by atoms with Gasteiger partial charge in [-0.1, -0.05) is 0 Å². The Labute approximate surface area is 103 Å². The molecule has 1 rings (SSSR count). The van der Waals surface area contributed by atoms with Gasteiger partial charge in [-0.25, -0.2) is 18.5 Å². The van der Waals surface area contributed by atoms with Crippen molar-refractivity contribution in [3.8, 4) is 5.75 Å². The van der Waals surface area contributed by atoms with E-state index in [1.165, 1.54) is 0 Å². The van der Waals surface area contributed by atoms with Gasteiger partial charge in [-0.3, -0.25) is 0 Å². The highest BCUT2D eigenvalue weighted by Crippen LogP contribution is 2.28. The first-order chi connectivity index (χ1) is 8.20. The molecule has 0 fully saturated rings. The van der Waals surface area contributed by atoms with Crippen LogP contribution in [0.3, 0.4) is 0 Å². The van der Waals surface area contributed by atoms with Crippen molar-refractivity contribution in [2.75, 3.05) is 0 Å². The molecule has 18 heavy (non-hydrogen) atoms. The summed E-state index contributed by atoms with van der Waals surface area (Å²) >= 11 is 0. The third kappa shape index (κ3) is 3.61. The van der Waals surface area contributed by atoms with E-state index in [1.54, 1.807) is 0 Å². The fourth-order valence-electron chi connectivity index (χ4n) is 1.05. The van der Waals surface area contributed by atoms with E-state index in [2.05, 4.69) is 9.98 Å². The van der Waals surface area contributed by atoms with Crippen LogP contribution in [0.25, 0.3) is 0 Å². The van der Waals surface area contributed by atoms with E-state index < -0.39 is 10.0 Å². The number of phenolic OH excluding ortho intramolecular Hbond substituents is 1. The van der Waals surface area contributed by atoms with Crippen molar-refractivity contribution < 1.29 is 13.5 Å². The summed E-state index contributed by atoms with van der Waals surface area (Å²) in [6.45, 7) is 0. The van der Waals surface area contributed by atoms with Gasteiger partial charge < -0.3 is 22.3 Å². The van der Waals surface area contributed by atoms with Crippen molar-refractivity contribution in [3.05, 3.63) is 18.2 Å². The summed E-state index contributed by atoms with van der Waals surface area (Å²) < 4.78 is 22.2. The van der Waals surface area contributed by atoms with Crippen LogP contribution in [-0.4, -0.2) is 25.4 Å². The molecule has 1 aromatic rings. The molecule has 0 saturated carbocycles. The van der Waals surface area contributed by atoms with Gasteiger partial charge in [-0.2, -0.15) is 4.99 Å². The molecule has 0 saturated heterocycles. The number of guanidine groups is 2. The second-order valence-electron chi connectivity index (χ2n) is 3.20. The molecule has 0 radical (unpaired) electrons. The lowest BCUT2D eigenvalue weighted by Crippen LogP contribution is -2.26. The van der Waals surface area contributed by atoms with E-state index in [1.807, 2.05) is 0 Å². The summed E-state index contributed by atoms with van der Waals surface area (Å²) in [6, 6.07) is 3.28. The molecule has 0 aliphatic carbocycles. The van der Waals surface area contributed by atoms with Crippen LogP contribution in [0.15, 0.2) is 33.1 Å². The number of hydrogen-bond acceptors (Lipinski definition) is 4. The largest absolute Gasteiger partial charge is 0.506 e. The van der Waals surface area contributed by atoms with Crippen molar-refractivity contribution in [2.45, 2.75) is 4.90 Å². The number of sulfonamides is 1. The molecule has 1 aromatic carbocycles. The average molecular weight is 272 g/mol. The second kappa shape index (κ2) is 4.89. The maximum Gasteiger partial charge on any atom is 0.238 e. The van der Waals surface area contributed by atoms with E-state index in [4.69, 9.17) is 22.3 Å². The molecule has 0 spiro atoms. The summed E-state index contributed by atoms with van der Waals surface area (Å²) in [4.78, 5) is 6.84. The zero-order chi connectivity index (χ0) is 13.9. The number of primary sulfonamides is 1. The van der Waals surface area contributed by atoms with Crippen LogP contribution in [0, 0.1) is 0 Å². The van der Waals surface area contributed by atoms with Gasteiger partial charge in [0.25, 0.3) is 0 Å². The summed E-state index contributed by atoms with van der Waals surface area (Å²) in [5, 5.41) is 14.4. The zero-order valence-corrected chi connectivity index (χ0v) is 9.92. The Morgan fingerprint density at radius 2 is 1.83 bits per heavy atom. The molecular weight excluding hydrogens is 260 g/mol. The zero-order valence-electron chi connectivity index (χ0n) is 9.11. The standard InChI is InChI=1S/C8H12N6O3S/c9-7(10)14-8(11)13-5-3-4(18(12,16)17)1-2-6(5)15/h1-3,15H,(H2,12,16,17)(H6,9,10,11,13,14). The Kier molecular flexibility index (Phi) is 3.73. The predicted molar refractivity (Wildman–Crippen MR) is 66.6 cm³/mol. The second-order valence-corrected chi connectivity index (χ2v) is 4.76. The first kappa shape index (κ1) is 13.7. The molecule has 0 heterocycles. The quantitative estimate of drug-likeness (QED) is 0.314. The summed E-state index contributed by atoms with van der Waals surface area (Å²) in [5.74, 6) is -0.952. The third-order valence-electron chi connectivity index (χ3n) is 1.75. The Hall–Kier alpha value is -2.33. The Bertz CT molecular complexity index is 618. The van der Waals surface area contributed by atoms with Gasteiger partial charge in [0, 0.05) is 0 Å². The highest BCUT2D eigenvalue weighted by atomic mass is 32.2. The van der Waals surface area contributed by atoms with Gasteiger partial charge in [0.05, 0.1) is 4.90 Å². The number of aliphatic imine (C=N–C) groups is 2. The van der Waals surface area contributed by atoms with Gasteiger partial charge in [-0.15, -0.1) is 0 Å². The summed E-state index contributed by atoms with van der Waals surface area (Å²) in [6.07, 6.45) is 0. The molecule has 0 unspecified atom stereocenters. The molecule has 0 atom stereocenters. The molecule has 9 nitrogen and oxygen atoms in total. The Balaban J connectivity index is 3.30. The van der Waals surface area contributed by atoms with E-state index in [9.17, 15) is 13.5 Å². The number of nitrogens with two attached hydrogens (primary N) is 4. The first-order valence-corrected chi connectivity index (χ1v) is 6.04. The van der Waals surface area contributed by atoms with E-state index in [0.29, 0.717) is 0 Å². The van der Waals surface area contributed by atoms with Crippen LogP contribution in [-0.2, 0) is 10.0 Å². The van der Waals surface area contributed by atoms with E-state index >= 15 is 0 Å². The van der Waals surface area contributed by atoms with Gasteiger partial charge in [-0.05, 0) is 18.2 Å². The van der Waals surface area contributed by atoms with Gasteiger partial charge in [0.1, 0.15) is 11.4 Å². The SMILES string of the molecule is NC(N)=NC(N)=Nc1cc(S(N)(=O)=O)ccc1O. The molecule has 98 valence electrons. The lowest BCUT2D eigenvalue weighted by Gasteiger charge is -2.02. The van der Waals surface area contributed by atoms with Crippen molar-refractivity contribution in [1.82, 2.24) is 0 Å². The van der Waals surface area contributed by atoms with Crippen LogP contribution >= 0.6 is 0 Å². The van der Waals surface area contributed by atoms with Crippen molar-refractivity contribution in [3.63, 3.8) is 0 Å². The van der Waals surface area contributed by atoms with Crippen LogP contribution in [0.4, 0.5) is 5.69 Å². The van der Waals surface area contributed by atoms with Crippen molar-refractivity contribution >= 4 is 27.6 Å². The lowest BCUT2D eigenvalue weighted by atomic mass is 10.3. The maximum absolute atomic E-state index is 11.1. The van der Waals surface area contributed by atoms with Crippen LogP contribution in [0.1, 0.15) is 0 Å². The number of nitrogens with zero attached hydrogens (tertiary/aromatic N) is 2. The number of hydrogen-bond donors (Lipinski definition) is 5. The smallest absolute Gasteiger partial charge is 0.238 e. The minimum Gasteiger partial charge on any atom is -0.506 e. The van der Waals surface area contributed by atoms with Crippen molar-refractivity contribution in [1.29, 1.82) is 0 Å². The summed E-state index contributed by atoms with van der Waals surface area (Å²) in [7, 11) is -3.91. The highest BCUT2D eigenvalue weighted by Gasteiger charge is 2.11. The molecule has 0 aliphatic rings. The van der Waals surface area contributed by atoms with Gasteiger partial charge >= 0.3 is 0 Å². The van der Waals surface area contributed by atoms with Gasteiger partial charge in [0.15, 0.2) is 5.96 Å².